The summed E-state index contributed by atoms with van der Waals surface area (Å²) in [5.74, 6) is 1.70. The molecule has 0 aliphatic carbocycles. The number of ketones is 1. The van der Waals surface area contributed by atoms with E-state index >= 15 is 0 Å². The molecule has 0 bridgehead atoms. The van der Waals surface area contributed by atoms with Crippen molar-refractivity contribution in [3.8, 4) is 17.2 Å². The Morgan fingerprint density at radius 1 is 1.29 bits per heavy atom. The summed E-state index contributed by atoms with van der Waals surface area (Å²) in [6, 6.07) is 8.88. The maximum atomic E-state index is 12.6. The SMILES string of the molecule is CCOc1cc2c(cc1/C=C/C(=O)c1ccc3c(c1)NC(=O)CO3)O[C@H](C)C2. The number of rotatable bonds is 5. The summed E-state index contributed by atoms with van der Waals surface area (Å²) in [6.45, 7) is 4.47. The molecule has 2 heterocycles. The Morgan fingerprint density at radius 2 is 2.14 bits per heavy atom. The summed E-state index contributed by atoms with van der Waals surface area (Å²) >= 11 is 0. The topological polar surface area (TPSA) is 73.9 Å². The molecule has 0 unspecified atom stereocenters. The van der Waals surface area contributed by atoms with Gasteiger partial charge >= 0.3 is 0 Å². The number of nitrogens with one attached hydrogen (secondary N) is 1. The van der Waals surface area contributed by atoms with Gasteiger partial charge in [-0.15, -0.1) is 0 Å². The minimum Gasteiger partial charge on any atom is -0.493 e. The molecule has 0 saturated carbocycles. The third-order valence-electron chi connectivity index (χ3n) is 4.64. The van der Waals surface area contributed by atoms with Crippen molar-refractivity contribution in [2.24, 2.45) is 0 Å². The van der Waals surface area contributed by atoms with E-state index in [1.165, 1.54) is 6.08 Å². The lowest BCUT2D eigenvalue weighted by atomic mass is 10.0. The second kappa shape index (κ2) is 7.38. The Labute approximate surface area is 163 Å². The molecule has 0 radical (unpaired) electrons. The van der Waals surface area contributed by atoms with E-state index in [1.807, 2.05) is 26.0 Å². The van der Waals surface area contributed by atoms with Crippen LogP contribution in [0.25, 0.3) is 6.08 Å². The van der Waals surface area contributed by atoms with Gasteiger partial charge in [-0.2, -0.15) is 0 Å². The zero-order valence-corrected chi connectivity index (χ0v) is 15.8. The van der Waals surface area contributed by atoms with E-state index in [1.54, 1.807) is 24.3 Å². The van der Waals surface area contributed by atoms with Crippen LogP contribution >= 0.6 is 0 Å². The molecule has 2 aromatic carbocycles. The van der Waals surface area contributed by atoms with Crippen LogP contribution < -0.4 is 19.5 Å². The molecule has 6 nitrogen and oxygen atoms in total. The summed E-state index contributed by atoms with van der Waals surface area (Å²) < 4.78 is 16.9. The first-order valence-corrected chi connectivity index (χ1v) is 9.29. The fraction of sp³-hybridized carbons (Fsp3) is 0.273. The predicted molar refractivity (Wildman–Crippen MR) is 105 cm³/mol. The first-order valence-electron chi connectivity index (χ1n) is 9.29. The monoisotopic (exact) mass is 379 g/mol. The molecule has 2 aliphatic heterocycles. The minimum atomic E-state index is -0.235. The Hall–Kier alpha value is -3.28. The van der Waals surface area contributed by atoms with Crippen LogP contribution in [0.3, 0.4) is 0 Å². The number of benzene rings is 2. The fourth-order valence-electron chi connectivity index (χ4n) is 3.36. The van der Waals surface area contributed by atoms with Crippen LogP contribution in [-0.2, 0) is 11.2 Å². The van der Waals surface area contributed by atoms with Crippen molar-refractivity contribution >= 4 is 23.5 Å². The number of anilines is 1. The van der Waals surface area contributed by atoms with E-state index in [-0.39, 0.29) is 24.4 Å². The van der Waals surface area contributed by atoms with Crippen LogP contribution in [0.15, 0.2) is 36.4 Å². The van der Waals surface area contributed by atoms with E-state index in [0.717, 1.165) is 29.0 Å². The number of carbonyl (C=O) groups excluding carboxylic acids is 2. The van der Waals surface area contributed by atoms with Crippen LogP contribution in [0.1, 0.15) is 35.3 Å². The lowest BCUT2D eigenvalue weighted by Crippen LogP contribution is -2.25. The van der Waals surface area contributed by atoms with Gasteiger partial charge in [0.15, 0.2) is 12.4 Å². The summed E-state index contributed by atoms with van der Waals surface area (Å²) in [7, 11) is 0. The lowest BCUT2D eigenvalue weighted by molar-refractivity contribution is -0.118. The van der Waals surface area contributed by atoms with E-state index < -0.39 is 0 Å². The lowest BCUT2D eigenvalue weighted by Gasteiger charge is -2.18. The van der Waals surface area contributed by atoms with Crippen LogP contribution in [0.2, 0.25) is 0 Å². The molecule has 1 N–H and O–H groups in total. The highest BCUT2D eigenvalue weighted by atomic mass is 16.5. The third kappa shape index (κ3) is 3.58. The number of hydrogen-bond donors (Lipinski definition) is 1. The zero-order valence-electron chi connectivity index (χ0n) is 15.8. The number of amides is 1. The first kappa shape index (κ1) is 18.1. The van der Waals surface area contributed by atoms with Crippen LogP contribution in [0, 0.1) is 0 Å². The van der Waals surface area contributed by atoms with E-state index in [9.17, 15) is 9.59 Å². The molecule has 1 amide bonds. The first-order chi connectivity index (χ1) is 13.5. The molecule has 2 aromatic rings. The van der Waals surface area contributed by atoms with Crippen molar-refractivity contribution in [2.45, 2.75) is 26.4 Å². The van der Waals surface area contributed by atoms with Crippen molar-refractivity contribution in [3.63, 3.8) is 0 Å². The Morgan fingerprint density at radius 3 is 2.96 bits per heavy atom. The summed E-state index contributed by atoms with van der Waals surface area (Å²) in [5.41, 5.74) is 2.87. The molecule has 28 heavy (non-hydrogen) atoms. The molecule has 0 saturated heterocycles. The Kier molecular flexibility index (Phi) is 4.77. The Bertz CT molecular complexity index is 979. The van der Waals surface area contributed by atoms with Crippen molar-refractivity contribution in [3.05, 3.63) is 53.1 Å². The van der Waals surface area contributed by atoms with Gasteiger partial charge in [-0.1, -0.05) is 0 Å². The van der Waals surface area contributed by atoms with Gasteiger partial charge in [-0.05, 0) is 56.3 Å². The maximum absolute atomic E-state index is 12.6. The van der Waals surface area contributed by atoms with Gasteiger partial charge in [0.25, 0.3) is 5.91 Å². The van der Waals surface area contributed by atoms with Gasteiger partial charge in [0.2, 0.25) is 0 Å². The molecule has 0 spiro atoms. The quantitative estimate of drug-likeness (QED) is 0.634. The fourth-order valence-corrected chi connectivity index (χ4v) is 3.36. The molecule has 2 aliphatic rings. The number of carbonyl (C=O) groups is 2. The van der Waals surface area contributed by atoms with Gasteiger partial charge in [0.05, 0.1) is 12.3 Å². The van der Waals surface area contributed by atoms with Crippen LogP contribution in [-0.4, -0.2) is 31.0 Å². The van der Waals surface area contributed by atoms with Crippen molar-refractivity contribution in [1.29, 1.82) is 0 Å². The second-order valence-electron chi connectivity index (χ2n) is 6.81. The molecule has 4 rings (SSSR count). The average Bonchev–Trinajstić information content (AvgIpc) is 3.04. The predicted octanol–water partition coefficient (Wildman–Crippen LogP) is 3.64. The van der Waals surface area contributed by atoms with E-state index in [2.05, 4.69) is 5.32 Å². The van der Waals surface area contributed by atoms with Gasteiger partial charge in [-0.25, -0.2) is 0 Å². The summed E-state index contributed by atoms with van der Waals surface area (Å²) in [5, 5.41) is 2.71. The number of hydrogen-bond acceptors (Lipinski definition) is 5. The molecule has 0 fully saturated rings. The van der Waals surface area contributed by atoms with Gasteiger partial charge in [0.1, 0.15) is 23.4 Å². The van der Waals surface area contributed by atoms with Crippen LogP contribution in [0.4, 0.5) is 5.69 Å². The highest BCUT2D eigenvalue weighted by Crippen LogP contribution is 2.36. The second-order valence-corrected chi connectivity index (χ2v) is 6.81. The normalized spacial score (nSPS) is 17.4. The highest BCUT2D eigenvalue weighted by molar-refractivity contribution is 6.08. The maximum Gasteiger partial charge on any atom is 0.262 e. The number of ether oxygens (including phenoxy) is 3. The van der Waals surface area contributed by atoms with Gasteiger partial charge < -0.3 is 19.5 Å². The molecule has 144 valence electrons. The molecule has 6 heteroatoms. The van der Waals surface area contributed by atoms with Crippen molar-refractivity contribution in [1.82, 2.24) is 0 Å². The number of allylic oxidation sites excluding steroid dienone is 1. The van der Waals surface area contributed by atoms with Gasteiger partial charge in [0, 0.05) is 23.1 Å². The minimum absolute atomic E-state index is 0.0145. The molecule has 1 atom stereocenters. The highest BCUT2D eigenvalue weighted by Gasteiger charge is 2.21. The largest absolute Gasteiger partial charge is 0.493 e. The Balaban J connectivity index is 1.59. The molecular formula is C22H21NO5. The van der Waals surface area contributed by atoms with E-state index in [0.29, 0.717) is 23.6 Å². The standard InChI is InChI=1S/C22H21NO5/c1-3-26-20-11-16-8-13(2)28-21(16)10-15(20)4-6-18(24)14-5-7-19-17(9-14)23-22(25)12-27-19/h4-7,9-11,13H,3,8,12H2,1-2H3,(H,23,25)/b6-4+/t13-/m1/s1. The van der Waals surface area contributed by atoms with Crippen molar-refractivity contribution < 1.29 is 23.8 Å². The summed E-state index contributed by atoms with van der Waals surface area (Å²) in [6.07, 6.45) is 4.21. The average molecular weight is 379 g/mol. The molecular weight excluding hydrogens is 358 g/mol. The van der Waals surface area contributed by atoms with Crippen molar-refractivity contribution in [2.75, 3.05) is 18.5 Å². The van der Waals surface area contributed by atoms with Crippen LogP contribution in [0.5, 0.6) is 17.2 Å². The molecule has 0 aromatic heterocycles. The number of fused-ring (bicyclic) bond motifs is 2. The summed E-state index contributed by atoms with van der Waals surface area (Å²) in [4.78, 5) is 24.1. The smallest absolute Gasteiger partial charge is 0.262 e. The van der Waals surface area contributed by atoms with E-state index in [4.69, 9.17) is 14.2 Å². The van der Waals surface area contributed by atoms with Gasteiger partial charge in [-0.3, -0.25) is 9.59 Å². The third-order valence-corrected chi connectivity index (χ3v) is 4.64. The zero-order chi connectivity index (χ0) is 19.7.